The summed E-state index contributed by atoms with van der Waals surface area (Å²) >= 11 is 0. The standard InChI is InChI=1S/C17H32F3N/c1-4-12-21-16(7-5-6-13(2)3)14-8-10-15(11-9-14)17(18,19)20/h13-16,21H,4-12H2,1-3H3. The van der Waals surface area contributed by atoms with E-state index in [1.807, 2.05) is 0 Å². The maximum Gasteiger partial charge on any atom is 0.391 e. The topological polar surface area (TPSA) is 12.0 Å². The average molecular weight is 307 g/mol. The first-order valence-electron chi connectivity index (χ1n) is 8.64. The maximum atomic E-state index is 12.7. The van der Waals surface area contributed by atoms with Crippen LogP contribution in [0.5, 0.6) is 0 Å². The van der Waals surface area contributed by atoms with Gasteiger partial charge >= 0.3 is 6.18 Å². The lowest BCUT2D eigenvalue weighted by atomic mass is 9.77. The smallest absolute Gasteiger partial charge is 0.314 e. The van der Waals surface area contributed by atoms with Crippen LogP contribution in [-0.4, -0.2) is 18.8 Å². The third-order valence-corrected chi connectivity index (χ3v) is 4.76. The van der Waals surface area contributed by atoms with Gasteiger partial charge in [0, 0.05) is 6.04 Å². The predicted molar refractivity (Wildman–Crippen MR) is 82.3 cm³/mol. The SMILES string of the molecule is CCCNC(CCCC(C)C)C1CCC(C(F)(F)F)CC1. The van der Waals surface area contributed by atoms with Crippen LogP contribution in [0, 0.1) is 17.8 Å². The normalized spacial score (nSPS) is 25.3. The van der Waals surface area contributed by atoms with Crippen molar-refractivity contribution in [2.24, 2.45) is 17.8 Å². The molecule has 1 saturated carbocycles. The summed E-state index contributed by atoms with van der Waals surface area (Å²) in [4.78, 5) is 0. The molecule has 0 aliphatic heterocycles. The third-order valence-electron chi connectivity index (χ3n) is 4.76. The van der Waals surface area contributed by atoms with E-state index in [-0.39, 0.29) is 0 Å². The fraction of sp³-hybridized carbons (Fsp3) is 1.00. The fourth-order valence-corrected chi connectivity index (χ4v) is 3.43. The molecule has 1 atom stereocenters. The predicted octanol–water partition coefficient (Wildman–Crippen LogP) is 5.55. The van der Waals surface area contributed by atoms with Crippen LogP contribution in [0.2, 0.25) is 0 Å². The lowest BCUT2D eigenvalue weighted by Gasteiger charge is -2.35. The van der Waals surface area contributed by atoms with Gasteiger partial charge in [0.1, 0.15) is 0 Å². The van der Waals surface area contributed by atoms with Crippen LogP contribution in [0.15, 0.2) is 0 Å². The van der Waals surface area contributed by atoms with E-state index in [0.717, 1.165) is 32.2 Å². The highest BCUT2D eigenvalue weighted by Crippen LogP contribution is 2.40. The van der Waals surface area contributed by atoms with Crippen molar-refractivity contribution in [3.05, 3.63) is 0 Å². The largest absolute Gasteiger partial charge is 0.391 e. The van der Waals surface area contributed by atoms with E-state index >= 15 is 0 Å². The Morgan fingerprint density at radius 3 is 2.14 bits per heavy atom. The minimum Gasteiger partial charge on any atom is -0.314 e. The van der Waals surface area contributed by atoms with Crippen LogP contribution >= 0.6 is 0 Å². The number of nitrogens with one attached hydrogen (secondary N) is 1. The number of alkyl halides is 3. The molecule has 1 aliphatic rings. The first kappa shape index (κ1) is 18.8. The van der Waals surface area contributed by atoms with Gasteiger partial charge in [-0.1, -0.05) is 33.6 Å². The molecule has 0 radical (unpaired) electrons. The zero-order chi connectivity index (χ0) is 15.9. The molecule has 126 valence electrons. The molecule has 4 heteroatoms. The maximum absolute atomic E-state index is 12.7. The quantitative estimate of drug-likeness (QED) is 0.620. The van der Waals surface area contributed by atoms with Crippen LogP contribution in [-0.2, 0) is 0 Å². The average Bonchev–Trinajstić information content (AvgIpc) is 2.41. The molecule has 1 rings (SSSR count). The van der Waals surface area contributed by atoms with Crippen molar-refractivity contribution >= 4 is 0 Å². The minimum absolute atomic E-state index is 0.322. The first-order valence-corrected chi connectivity index (χ1v) is 8.64. The molecular formula is C17H32F3N. The van der Waals surface area contributed by atoms with Crippen molar-refractivity contribution in [1.29, 1.82) is 0 Å². The van der Waals surface area contributed by atoms with E-state index in [1.165, 1.54) is 12.8 Å². The summed E-state index contributed by atoms with van der Waals surface area (Å²) in [6.07, 6.45) is 2.69. The van der Waals surface area contributed by atoms with Gasteiger partial charge in [-0.2, -0.15) is 13.2 Å². The molecule has 1 nitrogen and oxygen atoms in total. The van der Waals surface area contributed by atoms with Crippen LogP contribution in [0.3, 0.4) is 0 Å². The Bertz CT molecular complexity index is 268. The van der Waals surface area contributed by atoms with Gasteiger partial charge in [0.2, 0.25) is 0 Å². The highest BCUT2D eigenvalue weighted by Gasteiger charge is 2.42. The second-order valence-corrected chi connectivity index (χ2v) is 7.04. The van der Waals surface area contributed by atoms with Gasteiger partial charge in [0.05, 0.1) is 5.92 Å². The summed E-state index contributed by atoms with van der Waals surface area (Å²) in [5.74, 6) is 0.0799. The molecule has 0 bridgehead atoms. The van der Waals surface area contributed by atoms with Crippen molar-refractivity contribution in [3.63, 3.8) is 0 Å². The Hall–Kier alpha value is -0.250. The molecule has 0 aromatic heterocycles. The molecule has 0 heterocycles. The zero-order valence-corrected chi connectivity index (χ0v) is 13.8. The summed E-state index contributed by atoms with van der Waals surface area (Å²) in [5.41, 5.74) is 0. The minimum atomic E-state index is -3.99. The van der Waals surface area contributed by atoms with E-state index in [4.69, 9.17) is 0 Å². The van der Waals surface area contributed by atoms with Gasteiger partial charge in [0.25, 0.3) is 0 Å². The van der Waals surface area contributed by atoms with Crippen LogP contribution in [0.1, 0.15) is 72.1 Å². The van der Waals surface area contributed by atoms with Crippen molar-refractivity contribution < 1.29 is 13.2 Å². The van der Waals surface area contributed by atoms with Crippen LogP contribution in [0.25, 0.3) is 0 Å². The Kier molecular flexibility index (Phi) is 8.07. The molecule has 0 amide bonds. The third kappa shape index (κ3) is 7.03. The molecule has 1 fully saturated rings. The lowest BCUT2D eigenvalue weighted by molar-refractivity contribution is -0.184. The van der Waals surface area contributed by atoms with E-state index in [9.17, 15) is 13.2 Å². The summed E-state index contributed by atoms with van der Waals surface area (Å²) in [6.45, 7) is 7.57. The molecule has 1 unspecified atom stereocenters. The Balaban J connectivity index is 2.44. The molecule has 0 spiro atoms. The monoisotopic (exact) mass is 307 g/mol. The fourth-order valence-electron chi connectivity index (χ4n) is 3.43. The Morgan fingerprint density at radius 2 is 1.67 bits per heavy atom. The Labute approximate surface area is 128 Å². The number of hydrogen-bond acceptors (Lipinski definition) is 1. The molecule has 1 N–H and O–H groups in total. The number of halogens is 3. The van der Waals surface area contributed by atoms with Crippen molar-refractivity contribution in [2.75, 3.05) is 6.54 Å². The van der Waals surface area contributed by atoms with Crippen molar-refractivity contribution in [3.8, 4) is 0 Å². The van der Waals surface area contributed by atoms with Gasteiger partial charge in [-0.25, -0.2) is 0 Å². The van der Waals surface area contributed by atoms with E-state index in [2.05, 4.69) is 26.1 Å². The second-order valence-electron chi connectivity index (χ2n) is 7.04. The molecular weight excluding hydrogens is 275 g/mol. The van der Waals surface area contributed by atoms with Gasteiger partial charge in [-0.3, -0.25) is 0 Å². The van der Waals surface area contributed by atoms with Gasteiger partial charge in [0.15, 0.2) is 0 Å². The highest BCUT2D eigenvalue weighted by atomic mass is 19.4. The zero-order valence-electron chi connectivity index (χ0n) is 13.8. The van der Waals surface area contributed by atoms with Crippen molar-refractivity contribution in [2.45, 2.75) is 84.4 Å². The molecule has 0 aromatic carbocycles. The number of rotatable bonds is 8. The van der Waals surface area contributed by atoms with E-state index in [0.29, 0.717) is 30.7 Å². The highest BCUT2D eigenvalue weighted by molar-refractivity contribution is 4.84. The summed E-state index contributed by atoms with van der Waals surface area (Å²) < 4.78 is 38.2. The van der Waals surface area contributed by atoms with Crippen LogP contribution in [0.4, 0.5) is 13.2 Å². The van der Waals surface area contributed by atoms with Crippen LogP contribution < -0.4 is 5.32 Å². The first-order chi connectivity index (χ1) is 9.84. The number of hydrogen-bond donors (Lipinski definition) is 1. The summed E-state index contributed by atoms with van der Waals surface area (Å²) in [6, 6.07) is 0.415. The lowest BCUT2D eigenvalue weighted by Crippen LogP contribution is -2.40. The van der Waals surface area contributed by atoms with Gasteiger partial charge < -0.3 is 5.32 Å². The summed E-state index contributed by atoms with van der Waals surface area (Å²) in [5, 5.41) is 3.59. The van der Waals surface area contributed by atoms with Crippen molar-refractivity contribution in [1.82, 2.24) is 5.32 Å². The van der Waals surface area contributed by atoms with Gasteiger partial charge in [-0.05, 0) is 56.9 Å². The van der Waals surface area contributed by atoms with E-state index in [1.54, 1.807) is 0 Å². The second kappa shape index (κ2) is 9.02. The summed E-state index contributed by atoms with van der Waals surface area (Å²) in [7, 11) is 0. The molecule has 21 heavy (non-hydrogen) atoms. The molecule has 0 saturated heterocycles. The van der Waals surface area contributed by atoms with Gasteiger partial charge in [-0.15, -0.1) is 0 Å². The molecule has 1 aliphatic carbocycles. The Morgan fingerprint density at radius 1 is 1.05 bits per heavy atom. The molecule has 0 aromatic rings. The van der Waals surface area contributed by atoms with E-state index < -0.39 is 12.1 Å².